The van der Waals surface area contributed by atoms with Crippen molar-refractivity contribution in [1.82, 2.24) is 9.80 Å². The Morgan fingerprint density at radius 1 is 0.857 bits per heavy atom. The molecule has 1 N–H and O–H groups in total. The molecule has 0 fully saturated rings. The molecule has 0 aliphatic carbocycles. The number of carbonyl (C=O) groups is 3. The normalized spacial score (nSPS) is 9.71. The number of rotatable bonds is 3. The van der Waals surface area contributed by atoms with Crippen LogP contribution in [0.15, 0.2) is 18.2 Å². The van der Waals surface area contributed by atoms with Crippen LogP contribution in [0.25, 0.3) is 0 Å². The molecule has 0 aromatic heterocycles. The first kappa shape index (κ1) is 16.3. The van der Waals surface area contributed by atoms with Crippen molar-refractivity contribution in [2.75, 3.05) is 28.2 Å². The SMILES string of the molecule is CN(C)C(=O)Oc1cc(OC(=O)N(C)C)cc(C(=O)O)c1. The first-order valence-electron chi connectivity index (χ1n) is 5.87. The maximum Gasteiger partial charge on any atom is 0.414 e. The number of benzene rings is 1. The molecular weight excluding hydrogens is 280 g/mol. The minimum absolute atomic E-state index is 0.0323. The fourth-order valence-electron chi connectivity index (χ4n) is 1.20. The molecule has 0 radical (unpaired) electrons. The highest BCUT2D eigenvalue weighted by Crippen LogP contribution is 2.24. The van der Waals surface area contributed by atoms with E-state index in [1.54, 1.807) is 0 Å². The second kappa shape index (κ2) is 6.60. The third kappa shape index (κ3) is 4.68. The van der Waals surface area contributed by atoms with Crippen LogP contribution >= 0.6 is 0 Å². The lowest BCUT2D eigenvalue weighted by Gasteiger charge is -2.14. The Bertz CT molecular complexity index is 528. The zero-order valence-electron chi connectivity index (χ0n) is 12.1. The van der Waals surface area contributed by atoms with E-state index in [4.69, 9.17) is 14.6 Å². The minimum atomic E-state index is -1.24. The zero-order chi connectivity index (χ0) is 16.2. The van der Waals surface area contributed by atoms with E-state index in [2.05, 4.69) is 0 Å². The summed E-state index contributed by atoms with van der Waals surface area (Å²) in [5.41, 5.74) is -0.166. The third-order valence-electron chi connectivity index (χ3n) is 2.27. The summed E-state index contributed by atoms with van der Waals surface area (Å²) in [5, 5.41) is 9.02. The van der Waals surface area contributed by atoms with Crippen LogP contribution in [-0.4, -0.2) is 61.3 Å². The van der Waals surface area contributed by atoms with E-state index in [9.17, 15) is 14.4 Å². The van der Waals surface area contributed by atoms with Gasteiger partial charge in [-0.05, 0) is 12.1 Å². The molecule has 21 heavy (non-hydrogen) atoms. The first-order chi connectivity index (χ1) is 9.70. The lowest BCUT2D eigenvalue weighted by Crippen LogP contribution is -2.26. The Balaban J connectivity index is 3.08. The summed E-state index contributed by atoms with van der Waals surface area (Å²) in [6.07, 6.45) is -1.36. The number of aromatic carboxylic acids is 1. The average molecular weight is 296 g/mol. The Morgan fingerprint density at radius 3 is 1.52 bits per heavy atom. The van der Waals surface area contributed by atoms with Gasteiger partial charge in [0, 0.05) is 34.3 Å². The van der Waals surface area contributed by atoms with Gasteiger partial charge in [0.15, 0.2) is 0 Å². The van der Waals surface area contributed by atoms with Crippen LogP contribution in [0.1, 0.15) is 10.4 Å². The van der Waals surface area contributed by atoms with E-state index < -0.39 is 18.2 Å². The summed E-state index contributed by atoms with van der Waals surface area (Å²) in [6.45, 7) is 0. The number of carboxylic acid groups (broad SMARTS) is 1. The van der Waals surface area contributed by atoms with E-state index in [1.807, 2.05) is 0 Å². The number of hydrogen-bond acceptors (Lipinski definition) is 5. The van der Waals surface area contributed by atoms with E-state index in [0.29, 0.717) is 0 Å². The monoisotopic (exact) mass is 296 g/mol. The van der Waals surface area contributed by atoms with Crippen LogP contribution in [0.5, 0.6) is 11.5 Å². The summed E-state index contributed by atoms with van der Waals surface area (Å²) < 4.78 is 9.94. The topological polar surface area (TPSA) is 96.4 Å². The molecule has 0 aliphatic heterocycles. The van der Waals surface area contributed by atoms with Gasteiger partial charge in [0.2, 0.25) is 0 Å². The molecule has 1 aromatic rings. The first-order valence-corrected chi connectivity index (χ1v) is 5.87. The predicted molar refractivity (Wildman–Crippen MR) is 72.8 cm³/mol. The molecule has 2 amide bonds. The van der Waals surface area contributed by atoms with Gasteiger partial charge in [0.25, 0.3) is 0 Å². The summed E-state index contributed by atoms with van der Waals surface area (Å²) in [4.78, 5) is 36.4. The maximum atomic E-state index is 11.5. The summed E-state index contributed by atoms with van der Waals surface area (Å²) in [7, 11) is 5.93. The van der Waals surface area contributed by atoms with Crippen molar-refractivity contribution in [3.8, 4) is 11.5 Å². The number of hydrogen-bond donors (Lipinski definition) is 1. The molecule has 0 bridgehead atoms. The summed E-state index contributed by atoms with van der Waals surface area (Å²) in [5.74, 6) is -1.30. The molecule has 0 saturated carbocycles. The third-order valence-corrected chi connectivity index (χ3v) is 2.27. The highest BCUT2D eigenvalue weighted by Gasteiger charge is 2.15. The predicted octanol–water partition coefficient (Wildman–Crippen LogP) is 1.51. The Kier molecular flexibility index (Phi) is 5.12. The van der Waals surface area contributed by atoms with E-state index in [0.717, 1.165) is 12.1 Å². The molecule has 0 heterocycles. The quantitative estimate of drug-likeness (QED) is 0.908. The van der Waals surface area contributed by atoms with Crippen molar-refractivity contribution < 1.29 is 29.0 Å². The van der Waals surface area contributed by atoms with Crippen LogP contribution in [-0.2, 0) is 0 Å². The highest BCUT2D eigenvalue weighted by molar-refractivity contribution is 5.89. The van der Waals surface area contributed by atoms with Crippen molar-refractivity contribution >= 4 is 18.2 Å². The standard InChI is InChI=1S/C13H16N2O6/c1-14(2)12(18)20-9-5-8(11(16)17)6-10(7-9)21-13(19)15(3)4/h5-7H,1-4H3,(H,16,17). The lowest BCUT2D eigenvalue weighted by atomic mass is 10.2. The van der Waals surface area contributed by atoms with Gasteiger partial charge in [-0.25, -0.2) is 14.4 Å². The highest BCUT2D eigenvalue weighted by atomic mass is 16.6. The van der Waals surface area contributed by atoms with Gasteiger partial charge < -0.3 is 24.4 Å². The zero-order valence-corrected chi connectivity index (χ0v) is 12.1. The van der Waals surface area contributed by atoms with Gasteiger partial charge in [-0.1, -0.05) is 0 Å². The fourth-order valence-corrected chi connectivity index (χ4v) is 1.20. The van der Waals surface area contributed by atoms with Gasteiger partial charge >= 0.3 is 18.2 Å². The average Bonchev–Trinajstić information content (AvgIpc) is 2.37. The molecule has 1 rings (SSSR count). The number of carboxylic acids is 1. The number of nitrogens with zero attached hydrogens (tertiary/aromatic N) is 2. The molecule has 8 nitrogen and oxygen atoms in total. The Hall–Kier alpha value is -2.77. The van der Waals surface area contributed by atoms with Gasteiger partial charge in [-0.2, -0.15) is 0 Å². The second-order valence-corrected chi connectivity index (χ2v) is 4.52. The maximum absolute atomic E-state index is 11.5. The van der Waals surface area contributed by atoms with Crippen molar-refractivity contribution in [2.24, 2.45) is 0 Å². The van der Waals surface area contributed by atoms with Crippen LogP contribution in [0.2, 0.25) is 0 Å². The smallest absolute Gasteiger partial charge is 0.414 e. The van der Waals surface area contributed by atoms with Crippen LogP contribution in [0, 0.1) is 0 Å². The molecule has 0 atom stereocenters. The number of amides is 2. The minimum Gasteiger partial charge on any atom is -0.478 e. The molecule has 1 aromatic carbocycles. The van der Waals surface area contributed by atoms with Gasteiger partial charge in [0.05, 0.1) is 5.56 Å². The van der Waals surface area contributed by atoms with Gasteiger partial charge in [0.1, 0.15) is 11.5 Å². The molecule has 0 spiro atoms. The number of carbonyl (C=O) groups excluding carboxylic acids is 2. The van der Waals surface area contributed by atoms with Crippen molar-refractivity contribution in [3.05, 3.63) is 23.8 Å². The van der Waals surface area contributed by atoms with Crippen molar-refractivity contribution in [1.29, 1.82) is 0 Å². The van der Waals surface area contributed by atoms with Crippen LogP contribution < -0.4 is 9.47 Å². The molecule has 114 valence electrons. The van der Waals surface area contributed by atoms with Crippen molar-refractivity contribution in [2.45, 2.75) is 0 Å². The lowest BCUT2D eigenvalue weighted by molar-refractivity contribution is 0.0695. The Labute approximate surface area is 121 Å². The molecular formula is C13H16N2O6. The van der Waals surface area contributed by atoms with E-state index in [1.165, 1.54) is 44.1 Å². The van der Waals surface area contributed by atoms with Gasteiger partial charge in [-0.3, -0.25) is 0 Å². The number of ether oxygens (including phenoxy) is 2. The molecule has 0 saturated heterocycles. The second-order valence-electron chi connectivity index (χ2n) is 4.52. The molecule has 0 unspecified atom stereocenters. The molecule has 8 heteroatoms. The molecule has 0 aliphatic rings. The van der Waals surface area contributed by atoms with Crippen molar-refractivity contribution in [3.63, 3.8) is 0 Å². The Morgan fingerprint density at radius 2 is 1.24 bits per heavy atom. The fraction of sp³-hybridized carbons (Fsp3) is 0.308. The summed E-state index contributed by atoms with van der Waals surface area (Å²) >= 11 is 0. The largest absolute Gasteiger partial charge is 0.478 e. The van der Waals surface area contributed by atoms with E-state index in [-0.39, 0.29) is 17.1 Å². The van der Waals surface area contributed by atoms with Crippen LogP contribution in [0.3, 0.4) is 0 Å². The summed E-state index contributed by atoms with van der Waals surface area (Å²) in [6, 6.07) is 3.59. The van der Waals surface area contributed by atoms with E-state index >= 15 is 0 Å². The van der Waals surface area contributed by atoms with Crippen LogP contribution in [0.4, 0.5) is 9.59 Å². The van der Waals surface area contributed by atoms with Gasteiger partial charge in [-0.15, -0.1) is 0 Å².